The number of amides is 1. The SMILES string of the molecule is CCC(C)/C(N)=C/N(N)CC(=O)N1CCC(C)C1. The van der Waals surface area contributed by atoms with E-state index in [0.29, 0.717) is 5.92 Å². The summed E-state index contributed by atoms with van der Waals surface area (Å²) in [7, 11) is 0. The molecule has 1 fully saturated rings. The first-order chi connectivity index (χ1) is 8.43. The summed E-state index contributed by atoms with van der Waals surface area (Å²) in [6.45, 7) is 8.17. The summed E-state index contributed by atoms with van der Waals surface area (Å²) < 4.78 is 0. The molecular weight excluding hydrogens is 228 g/mol. The lowest BCUT2D eigenvalue weighted by atomic mass is 10.1. The highest BCUT2D eigenvalue weighted by atomic mass is 16.2. The average Bonchev–Trinajstić information content (AvgIpc) is 2.74. The van der Waals surface area contributed by atoms with Gasteiger partial charge in [-0.2, -0.15) is 0 Å². The molecule has 0 saturated carbocycles. The van der Waals surface area contributed by atoms with Crippen LogP contribution in [0, 0.1) is 11.8 Å². The highest BCUT2D eigenvalue weighted by molar-refractivity contribution is 5.78. The molecule has 1 saturated heterocycles. The highest BCUT2D eigenvalue weighted by Crippen LogP contribution is 2.15. The number of carbonyl (C=O) groups excluding carboxylic acids is 1. The van der Waals surface area contributed by atoms with Crippen LogP contribution in [0.4, 0.5) is 0 Å². The Morgan fingerprint density at radius 3 is 2.78 bits per heavy atom. The molecular formula is C13H26N4O. The number of allylic oxidation sites excluding steroid dienone is 1. The Morgan fingerprint density at radius 2 is 2.28 bits per heavy atom. The number of hydrogen-bond donors (Lipinski definition) is 2. The van der Waals surface area contributed by atoms with Gasteiger partial charge in [0.15, 0.2) is 0 Å². The Morgan fingerprint density at radius 1 is 1.61 bits per heavy atom. The molecule has 0 spiro atoms. The molecule has 2 unspecified atom stereocenters. The number of hydrogen-bond acceptors (Lipinski definition) is 4. The molecule has 1 heterocycles. The number of carbonyl (C=O) groups is 1. The number of nitrogens with zero attached hydrogens (tertiary/aromatic N) is 2. The van der Waals surface area contributed by atoms with Gasteiger partial charge in [0, 0.05) is 25.0 Å². The minimum atomic E-state index is 0.0788. The number of likely N-dealkylation sites (tertiary alicyclic amines) is 1. The van der Waals surface area contributed by atoms with Crippen molar-refractivity contribution < 1.29 is 4.79 Å². The fourth-order valence-corrected chi connectivity index (χ4v) is 2.02. The molecule has 2 atom stereocenters. The summed E-state index contributed by atoms with van der Waals surface area (Å²) >= 11 is 0. The van der Waals surface area contributed by atoms with Gasteiger partial charge in [0.25, 0.3) is 0 Å². The fourth-order valence-electron chi connectivity index (χ4n) is 2.02. The maximum absolute atomic E-state index is 12.0. The van der Waals surface area contributed by atoms with Crippen molar-refractivity contribution in [3.05, 3.63) is 11.9 Å². The molecule has 0 aromatic carbocycles. The quantitative estimate of drug-likeness (QED) is 0.564. The van der Waals surface area contributed by atoms with Gasteiger partial charge in [0.1, 0.15) is 6.54 Å². The third kappa shape index (κ3) is 4.22. The van der Waals surface area contributed by atoms with Crippen molar-refractivity contribution in [3.8, 4) is 0 Å². The van der Waals surface area contributed by atoms with Crippen molar-refractivity contribution in [1.82, 2.24) is 9.91 Å². The third-order valence-corrected chi connectivity index (χ3v) is 3.59. The number of nitrogens with two attached hydrogens (primary N) is 2. The van der Waals surface area contributed by atoms with Gasteiger partial charge in [-0.1, -0.05) is 20.8 Å². The Kier molecular flexibility index (Phi) is 5.47. The second-order valence-electron chi connectivity index (χ2n) is 5.34. The van der Waals surface area contributed by atoms with Gasteiger partial charge in [-0.25, -0.2) is 5.84 Å². The molecule has 0 aliphatic carbocycles. The first-order valence-corrected chi connectivity index (χ1v) is 6.70. The number of rotatable bonds is 5. The van der Waals surface area contributed by atoms with E-state index in [1.54, 1.807) is 6.20 Å². The van der Waals surface area contributed by atoms with E-state index in [-0.39, 0.29) is 18.4 Å². The van der Waals surface area contributed by atoms with Crippen LogP contribution in [-0.4, -0.2) is 35.5 Å². The summed E-state index contributed by atoms with van der Waals surface area (Å²) in [5, 5.41) is 1.40. The molecule has 0 radical (unpaired) electrons. The summed E-state index contributed by atoms with van der Waals surface area (Å²) in [5.74, 6) is 6.77. The molecule has 5 heteroatoms. The van der Waals surface area contributed by atoms with Gasteiger partial charge >= 0.3 is 0 Å². The maximum atomic E-state index is 12.0. The monoisotopic (exact) mass is 254 g/mol. The Labute approximate surface area is 110 Å². The van der Waals surface area contributed by atoms with Gasteiger partial charge in [-0.05, 0) is 24.7 Å². The molecule has 0 aromatic heterocycles. The molecule has 1 rings (SSSR count). The van der Waals surface area contributed by atoms with Crippen LogP contribution in [0.15, 0.2) is 11.9 Å². The van der Waals surface area contributed by atoms with Gasteiger partial charge < -0.3 is 15.6 Å². The topological polar surface area (TPSA) is 75.6 Å². The van der Waals surface area contributed by atoms with Crippen LogP contribution in [0.5, 0.6) is 0 Å². The van der Waals surface area contributed by atoms with E-state index < -0.39 is 0 Å². The van der Waals surface area contributed by atoms with Gasteiger partial charge in [-0.15, -0.1) is 0 Å². The largest absolute Gasteiger partial charge is 0.401 e. The molecule has 4 N–H and O–H groups in total. The van der Waals surface area contributed by atoms with E-state index in [2.05, 4.69) is 13.8 Å². The fraction of sp³-hybridized carbons (Fsp3) is 0.769. The van der Waals surface area contributed by atoms with Crippen molar-refractivity contribution in [2.45, 2.75) is 33.6 Å². The molecule has 18 heavy (non-hydrogen) atoms. The lowest BCUT2D eigenvalue weighted by molar-refractivity contribution is -0.130. The van der Waals surface area contributed by atoms with E-state index in [0.717, 1.165) is 31.6 Å². The van der Waals surface area contributed by atoms with Crippen molar-refractivity contribution >= 4 is 5.91 Å². The molecule has 1 amide bonds. The summed E-state index contributed by atoms with van der Waals surface area (Å²) in [6.07, 6.45) is 3.72. The first-order valence-electron chi connectivity index (χ1n) is 6.70. The van der Waals surface area contributed by atoms with Crippen molar-refractivity contribution in [2.75, 3.05) is 19.6 Å². The predicted molar refractivity (Wildman–Crippen MR) is 73.0 cm³/mol. The molecule has 5 nitrogen and oxygen atoms in total. The summed E-state index contributed by atoms with van der Waals surface area (Å²) in [6, 6.07) is 0. The smallest absolute Gasteiger partial charge is 0.243 e. The highest BCUT2D eigenvalue weighted by Gasteiger charge is 2.23. The Balaban J connectivity index is 2.44. The lowest BCUT2D eigenvalue weighted by Crippen LogP contribution is -2.40. The molecule has 104 valence electrons. The second-order valence-corrected chi connectivity index (χ2v) is 5.34. The first kappa shape index (κ1) is 14.8. The van der Waals surface area contributed by atoms with E-state index >= 15 is 0 Å². The zero-order valence-electron chi connectivity index (χ0n) is 11.7. The van der Waals surface area contributed by atoms with Crippen LogP contribution < -0.4 is 11.6 Å². The standard InChI is InChI=1S/C13H26N4O/c1-4-11(3)12(14)8-17(15)9-13(18)16-6-5-10(2)7-16/h8,10-11H,4-7,9,14-15H2,1-3H3/b12-8-. The van der Waals surface area contributed by atoms with Crippen LogP contribution in [0.2, 0.25) is 0 Å². The molecule has 1 aliphatic rings. The normalized spacial score (nSPS) is 22.1. The second kappa shape index (κ2) is 6.64. The molecule has 1 aliphatic heterocycles. The average molecular weight is 254 g/mol. The van der Waals surface area contributed by atoms with Gasteiger partial charge in [0.2, 0.25) is 5.91 Å². The van der Waals surface area contributed by atoms with Crippen LogP contribution in [0.1, 0.15) is 33.6 Å². The van der Waals surface area contributed by atoms with Crippen molar-refractivity contribution in [1.29, 1.82) is 0 Å². The molecule has 0 bridgehead atoms. The Hall–Kier alpha value is -1.23. The van der Waals surface area contributed by atoms with Crippen LogP contribution in [0.3, 0.4) is 0 Å². The van der Waals surface area contributed by atoms with Crippen LogP contribution >= 0.6 is 0 Å². The predicted octanol–water partition coefficient (Wildman–Crippen LogP) is 0.877. The minimum absolute atomic E-state index is 0.0788. The van der Waals surface area contributed by atoms with E-state index in [1.165, 1.54) is 5.01 Å². The zero-order valence-corrected chi connectivity index (χ0v) is 11.7. The number of hydrazine groups is 1. The van der Waals surface area contributed by atoms with Crippen LogP contribution in [-0.2, 0) is 4.79 Å². The van der Waals surface area contributed by atoms with E-state index in [1.807, 2.05) is 11.8 Å². The minimum Gasteiger partial charge on any atom is -0.401 e. The van der Waals surface area contributed by atoms with E-state index in [4.69, 9.17) is 11.6 Å². The van der Waals surface area contributed by atoms with Crippen LogP contribution in [0.25, 0.3) is 0 Å². The van der Waals surface area contributed by atoms with E-state index in [9.17, 15) is 4.79 Å². The van der Waals surface area contributed by atoms with Gasteiger partial charge in [0.05, 0.1) is 0 Å². The van der Waals surface area contributed by atoms with Crippen molar-refractivity contribution in [2.24, 2.45) is 23.4 Å². The lowest BCUT2D eigenvalue weighted by Gasteiger charge is -2.21. The van der Waals surface area contributed by atoms with Crippen molar-refractivity contribution in [3.63, 3.8) is 0 Å². The van der Waals surface area contributed by atoms with Gasteiger partial charge in [-0.3, -0.25) is 4.79 Å². The maximum Gasteiger partial charge on any atom is 0.243 e. The third-order valence-electron chi connectivity index (χ3n) is 3.59. The molecule has 0 aromatic rings. The zero-order chi connectivity index (χ0) is 13.7. The summed E-state index contributed by atoms with van der Waals surface area (Å²) in [5.41, 5.74) is 6.62. The summed E-state index contributed by atoms with van der Waals surface area (Å²) in [4.78, 5) is 13.8. The Bertz CT molecular complexity index is 316.